The Labute approximate surface area is 109 Å². The summed E-state index contributed by atoms with van der Waals surface area (Å²) in [6, 6.07) is 0.336. The molecular formula is C14H24N2O2. The van der Waals surface area contributed by atoms with Gasteiger partial charge in [-0.1, -0.05) is 12.8 Å². The summed E-state index contributed by atoms with van der Waals surface area (Å²) >= 11 is 0. The van der Waals surface area contributed by atoms with E-state index in [-0.39, 0.29) is 17.8 Å². The van der Waals surface area contributed by atoms with Crippen LogP contribution in [0.15, 0.2) is 0 Å². The van der Waals surface area contributed by atoms with Crippen LogP contribution < -0.4 is 5.32 Å². The molecule has 2 saturated carbocycles. The quantitative estimate of drug-likeness (QED) is 0.741. The molecule has 0 aromatic carbocycles. The van der Waals surface area contributed by atoms with Crippen LogP contribution in [0.25, 0.3) is 0 Å². The van der Waals surface area contributed by atoms with Gasteiger partial charge in [0.25, 0.3) is 0 Å². The standard InChI is InChI=1S/C14H24N2O2/c1-10-15-14(8-2-3-9-14)13(18)16(10)11-4-6-12(17)7-5-11/h10-12,15,17H,2-9H2,1H3. The van der Waals surface area contributed by atoms with Crippen molar-refractivity contribution in [1.29, 1.82) is 0 Å². The minimum atomic E-state index is -0.241. The van der Waals surface area contributed by atoms with E-state index >= 15 is 0 Å². The number of carbonyl (C=O) groups is 1. The third-order valence-electron chi connectivity index (χ3n) is 5.06. The van der Waals surface area contributed by atoms with E-state index in [1.54, 1.807) is 0 Å². The van der Waals surface area contributed by atoms with E-state index in [4.69, 9.17) is 0 Å². The number of aliphatic hydroxyl groups is 1. The van der Waals surface area contributed by atoms with Gasteiger partial charge in [0.1, 0.15) is 0 Å². The second-order valence-corrected chi connectivity index (χ2v) is 6.28. The van der Waals surface area contributed by atoms with Gasteiger partial charge in [0, 0.05) is 6.04 Å². The third-order valence-corrected chi connectivity index (χ3v) is 5.06. The maximum absolute atomic E-state index is 12.7. The molecule has 3 fully saturated rings. The first-order valence-corrected chi connectivity index (χ1v) is 7.41. The fourth-order valence-corrected chi connectivity index (χ4v) is 4.11. The lowest BCUT2D eigenvalue weighted by Gasteiger charge is -2.35. The molecule has 1 atom stereocenters. The van der Waals surface area contributed by atoms with Crippen LogP contribution in [-0.2, 0) is 4.79 Å². The number of aliphatic hydroxyl groups excluding tert-OH is 1. The van der Waals surface area contributed by atoms with E-state index in [9.17, 15) is 9.90 Å². The van der Waals surface area contributed by atoms with E-state index in [1.807, 2.05) is 0 Å². The highest BCUT2D eigenvalue weighted by atomic mass is 16.3. The zero-order valence-electron chi connectivity index (χ0n) is 11.2. The highest BCUT2D eigenvalue weighted by molar-refractivity contribution is 5.89. The molecule has 1 aliphatic heterocycles. The Balaban J connectivity index is 1.74. The van der Waals surface area contributed by atoms with Gasteiger partial charge >= 0.3 is 0 Å². The summed E-state index contributed by atoms with van der Waals surface area (Å²) in [5.41, 5.74) is -0.241. The number of carbonyl (C=O) groups excluding carboxylic acids is 1. The lowest BCUT2D eigenvalue weighted by atomic mass is 9.90. The Morgan fingerprint density at radius 3 is 2.44 bits per heavy atom. The molecule has 1 heterocycles. The SMILES string of the molecule is CC1NC2(CCCC2)C(=O)N1C1CCC(O)CC1. The molecule has 1 spiro atoms. The van der Waals surface area contributed by atoms with Gasteiger partial charge < -0.3 is 10.0 Å². The summed E-state index contributed by atoms with van der Waals surface area (Å²) < 4.78 is 0. The molecule has 1 amide bonds. The smallest absolute Gasteiger partial charge is 0.244 e. The molecule has 4 nitrogen and oxygen atoms in total. The number of rotatable bonds is 1. The monoisotopic (exact) mass is 252 g/mol. The van der Waals surface area contributed by atoms with Gasteiger partial charge in [-0.15, -0.1) is 0 Å². The van der Waals surface area contributed by atoms with Crippen LogP contribution in [0.3, 0.4) is 0 Å². The average molecular weight is 252 g/mol. The molecule has 0 radical (unpaired) electrons. The highest BCUT2D eigenvalue weighted by Gasteiger charge is 2.52. The summed E-state index contributed by atoms with van der Waals surface area (Å²) in [5.74, 6) is 0.328. The lowest BCUT2D eigenvalue weighted by Crippen LogP contribution is -2.46. The molecule has 0 aromatic rings. The summed E-state index contributed by atoms with van der Waals surface area (Å²) in [7, 11) is 0. The number of hydrogen-bond acceptors (Lipinski definition) is 3. The van der Waals surface area contributed by atoms with Crippen molar-refractivity contribution < 1.29 is 9.90 Å². The largest absolute Gasteiger partial charge is 0.393 e. The van der Waals surface area contributed by atoms with Crippen molar-refractivity contribution in [2.45, 2.75) is 82.1 Å². The van der Waals surface area contributed by atoms with Crippen molar-refractivity contribution in [3.63, 3.8) is 0 Å². The van der Waals surface area contributed by atoms with Crippen molar-refractivity contribution in [2.24, 2.45) is 0 Å². The summed E-state index contributed by atoms with van der Waals surface area (Å²) in [6.07, 6.45) is 7.94. The van der Waals surface area contributed by atoms with Gasteiger partial charge in [-0.3, -0.25) is 10.1 Å². The minimum absolute atomic E-state index is 0.150. The first kappa shape index (κ1) is 12.4. The van der Waals surface area contributed by atoms with Gasteiger partial charge in [-0.05, 0) is 45.4 Å². The van der Waals surface area contributed by atoms with E-state index in [1.165, 1.54) is 12.8 Å². The van der Waals surface area contributed by atoms with Crippen LogP contribution in [-0.4, -0.2) is 39.8 Å². The van der Waals surface area contributed by atoms with Crippen molar-refractivity contribution in [3.05, 3.63) is 0 Å². The van der Waals surface area contributed by atoms with Crippen LogP contribution >= 0.6 is 0 Å². The van der Waals surface area contributed by atoms with Crippen molar-refractivity contribution in [3.8, 4) is 0 Å². The molecule has 3 aliphatic rings. The number of nitrogens with zero attached hydrogens (tertiary/aromatic N) is 1. The van der Waals surface area contributed by atoms with Crippen LogP contribution in [0, 0.1) is 0 Å². The number of nitrogens with one attached hydrogen (secondary N) is 1. The molecule has 2 aliphatic carbocycles. The fraction of sp³-hybridized carbons (Fsp3) is 0.929. The van der Waals surface area contributed by atoms with Gasteiger partial charge in [0.2, 0.25) is 5.91 Å². The van der Waals surface area contributed by atoms with E-state index in [0.29, 0.717) is 11.9 Å². The van der Waals surface area contributed by atoms with Gasteiger partial charge in [0.15, 0.2) is 0 Å². The summed E-state index contributed by atoms with van der Waals surface area (Å²) in [5, 5.41) is 13.1. The summed E-state index contributed by atoms with van der Waals surface area (Å²) in [4.78, 5) is 14.8. The van der Waals surface area contributed by atoms with Crippen molar-refractivity contribution in [1.82, 2.24) is 10.2 Å². The zero-order valence-corrected chi connectivity index (χ0v) is 11.2. The lowest BCUT2D eigenvalue weighted by molar-refractivity contribution is -0.136. The van der Waals surface area contributed by atoms with Crippen molar-refractivity contribution >= 4 is 5.91 Å². The second kappa shape index (κ2) is 4.49. The predicted octanol–water partition coefficient (Wildman–Crippen LogP) is 1.38. The highest BCUT2D eigenvalue weighted by Crippen LogP contribution is 2.39. The molecular weight excluding hydrogens is 228 g/mol. The molecule has 18 heavy (non-hydrogen) atoms. The van der Waals surface area contributed by atoms with E-state index < -0.39 is 0 Å². The fourth-order valence-electron chi connectivity index (χ4n) is 4.11. The van der Waals surface area contributed by atoms with Crippen LogP contribution in [0.2, 0.25) is 0 Å². The van der Waals surface area contributed by atoms with Gasteiger partial charge in [-0.2, -0.15) is 0 Å². The molecule has 1 saturated heterocycles. The number of hydrogen-bond donors (Lipinski definition) is 2. The summed E-state index contributed by atoms with van der Waals surface area (Å²) in [6.45, 7) is 2.11. The molecule has 1 unspecified atom stereocenters. The van der Waals surface area contributed by atoms with E-state index in [0.717, 1.165) is 38.5 Å². The molecule has 2 N–H and O–H groups in total. The molecule has 0 aromatic heterocycles. The Hall–Kier alpha value is -0.610. The topological polar surface area (TPSA) is 52.6 Å². The van der Waals surface area contributed by atoms with Gasteiger partial charge in [-0.25, -0.2) is 0 Å². The number of amides is 1. The Morgan fingerprint density at radius 1 is 1.22 bits per heavy atom. The first-order valence-electron chi connectivity index (χ1n) is 7.41. The molecule has 102 valence electrons. The Morgan fingerprint density at radius 2 is 1.83 bits per heavy atom. The second-order valence-electron chi connectivity index (χ2n) is 6.28. The Kier molecular flexibility index (Phi) is 3.10. The normalized spacial score (nSPS) is 39.8. The average Bonchev–Trinajstić information content (AvgIpc) is 2.89. The maximum Gasteiger partial charge on any atom is 0.244 e. The minimum Gasteiger partial charge on any atom is -0.393 e. The van der Waals surface area contributed by atoms with E-state index in [2.05, 4.69) is 17.1 Å². The predicted molar refractivity (Wildman–Crippen MR) is 68.9 cm³/mol. The Bertz CT molecular complexity index is 331. The van der Waals surface area contributed by atoms with Crippen LogP contribution in [0.5, 0.6) is 0 Å². The first-order chi connectivity index (χ1) is 8.62. The maximum atomic E-state index is 12.7. The van der Waals surface area contributed by atoms with Gasteiger partial charge in [0.05, 0.1) is 17.8 Å². The third kappa shape index (κ3) is 1.86. The molecule has 4 heteroatoms. The molecule has 3 rings (SSSR count). The van der Waals surface area contributed by atoms with Crippen LogP contribution in [0.4, 0.5) is 0 Å². The van der Waals surface area contributed by atoms with Crippen molar-refractivity contribution in [2.75, 3.05) is 0 Å². The zero-order chi connectivity index (χ0) is 12.8. The van der Waals surface area contributed by atoms with Crippen LogP contribution in [0.1, 0.15) is 58.3 Å². The molecule has 0 bridgehead atoms.